The van der Waals surface area contributed by atoms with Crippen molar-refractivity contribution in [2.45, 2.75) is 20.3 Å². The lowest BCUT2D eigenvalue weighted by Gasteiger charge is -2.10. The third-order valence-corrected chi connectivity index (χ3v) is 2.25. The number of aromatic nitrogens is 1. The summed E-state index contributed by atoms with van der Waals surface area (Å²) in [5.74, 6) is 1.52. The van der Waals surface area contributed by atoms with Crippen LogP contribution >= 0.6 is 11.6 Å². The van der Waals surface area contributed by atoms with Gasteiger partial charge in [0.1, 0.15) is 11.0 Å². The van der Waals surface area contributed by atoms with Crippen LogP contribution in [0.25, 0.3) is 0 Å². The summed E-state index contributed by atoms with van der Waals surface area (Å²) in [6, 6.07) is 5.60. The summed E-state index contributed by atoms with van der Waals surface area (Å²) in [7, 11) is 0. The van der Waals surface area contributed by atoms with Crippen molar-refractivity contribution in [2.24, 2.45) is 5.92 Å². The molecule has 1 unspecified atom stereocenters. The van der Waals surface area contributed by atoms with Crippen LogP contribution in [-0.4, -0.2) is 11.5 Å². The molecule has 0 aliphatic rings. The highest BCUT2D eigenvalue weighted by atomic mass is 35.5. The molecule has 0 amide bonds. The third kappa shape index (κ3) is 3.64. The first-order valence-electron chi connectivity index (χ1n) is 4.58. The quantitative estimate of drug-likeness (QED) is 0.752. The maximum Gasteiger partial charge on any atom is 0.131 e. The smallest absolute Gasteiger partial charge is 0.131 e. The summed E-state index contributed by atoms with van der Waals surface area (Å²) in [5.41, 5.74) is 0. The van der Waals surface area contributed by atoms with E-state index in [1.54, 1.807) is 6.07 Å². The van der Waals surface area contributed by atoms with Crippen LogP contribution in [0.5, 0.6) is 0 Å². The van der Waals surface area contributed by atoms with E-state index >= 15 is 0 Å². The Labute approximate surface area is 84.3 Å². The number of pyridine rings is 1. The molecule has 3 heteroatoms. The van der Waals surface area contributed by atoms with Gasteiger partial charge in [0.2, 0.25) is 0 Å². The van der Waals surface area contributed by atoms with Crippen molar-refractivity contribution in [3.05, 3.63) is 23.4 Å². The Bertz CT molecular complexity index is 263. The fourth-order valence-corrected chi connectivity index (χ4v) is 1.09. The molecule has 1 atom stereocenters. The van der Waals surface area contributed by atoms with Crippen molar-refractivity contribution >= 4 is 17.4 Å². The Morgan fingerprint density at radius 1 is 1.54 bits per heavy atom. The minimum absolute atomic E-state index is 0.536. The van der Waals surface area contributed by atoms with E-state index in [9.17, 15) is 0 Å². The summed E-state index contributed by atoms with van der Waals surface area (Å²) in [5, 5.41) is 3.78. The van der Waals surface area contributed by atoms with Crippen LogP contribution in [0.3, 0.4) is 0 Å². The summed E-state index contributed by atoms with van der Waals surface area (Å²) < 4.78 is 0. The van der Waals surface area contributed by atoms with E-state index in [0.29, 0.717) is 11.1 Å². The predicted octanol–water partition coefficient (Wildman–Crippen LogP) is 3.19. The normalized spacial score (nSPS) is 12.5. The molecule has 0 aliphatic carbocycles. The van der Waals surface area contributed by atoms with Crippen LogP contribution in [0.15, 0.2) is 18.2 Å². The highest BCUT2D eigenvalue weighted by Crippen LogP contribution is 2.10. The molecule has 72 valence electrons. The summed E-state index contributed by atoms with van der Waals surface area (Å²) >= 11 is 5.74. The van der Waals surface area contributed by atoms with E-state index in [2.05, 4.69) is 24.1 Å². The van der Waals surface area contributed by atoms with Crippen molar-refractivity contribution in [3.63, 3.8) is 0 Å². The van der Waals surface area contributed by atoms with Gasteiger partial charge in [-0.2, -0.15) is 0 Å². The molecule has 0 saturated carbocycles. The lowest BCUT2D eigenvalue weighted by molar-refractivity contribution is 0.592. The van der Waals surface area contributed by atoms with Gasteiger partial charge in [-0.3, -0.25) is 0 Å². The maximum absolute atomic E-state index is 5.74. The Balaban J connectivity index is 2.45. The van der Waals surface area contributed by atoms with Gasteiger partial charge in [0, 0.05) is 6.54 Å². The molecule has 1 aromatic heterocycles. The topological polar surface area (TPSA) is 24.9 Å². The van der Waals surface area contributed by atoms with Gasteiger partial charge < -0.3 is 5.32 Å². The first-order valence-corrected chi connectivity index (χ1v) is 4.96. The van der Waals surface area contributed by atoms with Gasteiger partial charge in [0.25, 0.3) is 0 Å². The summed E-state index contributed by atoms with van der Waals surface area (Å²) in [6.07, 6.45) is 1.17. The van der Waals surface area contributed by atoms with Crippen LogP contribution in [-0.2, 0) is 0 Å². The highest BCUT2D eigenvalue weighted by Gasteiger charge is 1.99. The van der Waals surface area contributed by atoms with Gasteiger partial charge in [-0.15, -0.1) is 0 Å². The van der Waals surface area contributed by atoms with Gasteiger partial charge in [0.05, 0.1) is 0 Å². The van der Waals surface area contributed by atoms with E-state index in [-0.39, 0.29) is 0 Å². The standard InChI is InChI=1S/C10H15ClN2/c1-3-8(2)7-12-10-6-4-5-9(11)13-10/h4-6,8H,3,7H2,1-2H3,(H,12,13). The van der Waals surface area contributed by atoms with Crippen molar-refractivity contribution in [1.82, 2.24) is 4.98 Å². The minimum atomic E-state index is 0.536. The number of nitrogens with one attached hydrogen (secondary N) is 1. The average molecular weight is 199 g/mol. The van der Waals surface area contributed by atoms with Crippen LogP contribution in [0.2, 0.25) is 5.15 Å². The lowest BCUT2D eigenvalue weighted by atomic mass is 10.1. The molecular weight excluding hydrogens is 184 g/mol. The van der Waals surface area contributed by atoms with Gasteiger partial charge in [0.15, 0.2) is 0 Å². The second-order valence-electron chi connectivity index (χ2n) is 3.24. The average Bonchev–Trinajstić information content (AvgIpc) is 2.14. The molecule has 0 aliphatic heterocycles. The zero-order valence-electron chi connectivity index (χ0n) is 8.05. The fraction of sp³-hybridized carbons (Fsp3) is 0.500. The second kappa shape index (κ2) is 5.07. The predicted molar refractivity (Wildman–Crippen MR) is 57.2 cm³/mol. The number of rotatable bonds is 4. The Morgan fingerprint density at radius 2 is 2.31 bits per heavy atom. The molecule has 13 heavy (non-hydrogen) atoms. The summed E-state index contributed by atoms with van der Waals surface area (Å²) in [6.45, 7) is 5.33. The molecular formula is C10H15ClN2. The van der Waals surface area contributed by atoms with Gasteiger partial charge in [-0.05, 0) is 18.1 Å². The number of halogens is 1. The third-order valence-electron chi connectivity index (χ3n) is 2.04. The van der Waals surface area contributed by atoms with E-state index in [4.69, 9.17) is 11.6 Å². The van der Waals surface area contributed by atoms with Crippen molar-refractivity contribution in [3.8, 4) is 0 Å². The molecule has 1 N–H and O–H groups in total. The highest BCUT2D eigenvalue weighted by molar-refractivity contribution is 6.29. The molecule has 0 saturated heterocycles. The SMILES string of the molecule is CCC(C)CNc1cccc(Cl)n1. The molecule has 0 fully saturated rings. The van der Waals surface area contributed by atoms with Crippen molar-refractivity contribution in [1.29, 1.82) is 0 Å². The summed E-state index contributed by atoms with van der Waals surface area (Å²) in [4.78, 5) is 4.13. The molecule has 0 aromatic carbocycles. The number of hydrogen-bond acceptors (Lipinski definition) is 2. The van der Waals surface area contributed by atoms with Crippen molar-refractivity contribution < 1.29 is 0 Å². The first-order chi connectivity index (χ1) is 6.22. The fourth-order valence-electron chi connectivity index (χ4n) is 0.930. The number of hydrogen-bond donors (Lipinski definition) is 1. The minimum Gasteiger partial charge on any atom is -0.370 e. The van der Waals surface area contributed by atoms with E-state index in [0.717, 1.165) is 12.4 Å². The van der Waals surface area contributed by atoms with Crippen molar-refractivity contribution in [2.75, 3.05) is 11.9 Å². The molecule has 1 aromatic rings. The van der Waals surface area contributed by atoms with Gasteiger partial charge in [-0.1, -0.05) is 37.9 Å². The number of anilines is 1. The molecule has 2 nitrogen and oxygen atoms in total. The Morgan fingerprint density at radius 3 is 2.92 bits per heavy atom. The Hall–Kier alpha value is -0.760. The zero-order valence-corrected chi connectivity index (χ0v) is 8.80. The molecule has 1 heterocycles. The maximum atomic E-state index is 5.74. The molecule has 0 bridgehead atoms. The van der Waals surface area contributed by atoms with Crippen LogP contribution in [0.1, 0.15) is 20.3 Å². The lowest BCUT2D eigenvalue weighted by Crippen LogP contribution is -2.10. The van der Waals surface area contributed by atoms with Crippen LogP contribution in [0, 0.1) is 5.92 Å². The largest absolute Gasteiger partial charge is 0.370 e. The van der Waals surface area contributed by atoms with E-state index in [1.165, 1.54) is 6.42 Å². The van der Waals surface area contributed by atoms with Gasteiger partial charge in [-0.25, -0.2) is 4.98 Å². The molecule has 0 radical (unpaired) electrons. The first kappa shape index (κ1) is 10.3. The number of nitrogens with zero attached hydrogens (tertiary/aromatic N) is 1. The molecule has 0 spiro atoms. The Kier molecular flexibility index (Phi) is 4.03. The second-order valence-corrected chi connectivity index (χ2v) is 3.63. The van der Waals surface area contributed by atoms with E-state index < -0.39 is 0 Å². The van der Waals surface area contributed by atoms with Crippen LogP contribution in [0.4, 0.5) is 5.82 Å². The monoisotopic (exact) mass is 198 g/mol. The molecule has 1 rings (SSSR count). The van der Waals surface area contributed by atoms with Crippen LogP contribution < -0.4 is 5.32 Å². The van der Waals surface area contributed by atoms with E-state index in [1.807, 2.05) is 12.1 Å². The zero-order chi connectivity index (χ0) is 9.68. The van der Waals surface area contributed by atoms with Gasteiger partial charge >= 0.3 is 0 Å².